The van der Waals surface area contributed by atoms with Crippen LogP contribution >= 0.6 is 0 Å². The zero-order valence-electron chi connectivity index (χ0n) is 16.7. The Morgan fingerprint density at radius 2 is 2.27 bits per heavy atom. The number of ether oxygens (including phenoxy) is 2. The molecule has 9 heteroatoms. The number of rotatable bonds is 8. The van der Waals surface area contributed by atoms with Crippen LogP contribution in [0.4, 0.5) is 5.82 Å². The average Bonchev–Trinajstić information content (AvgIpc) is 3.25. The zero-order valence-corrected chi connectivity index (χ0v) is 16.7. The Hall–Kier alpha value is -3.62. The van der Waals surface area contributed by atoms with Gasteiger partial charge in [0.15, 0.2) is 11.5 Å². The lowest BCUT2D eigenvalue weighted by Crippen LogP contribution is -2.23. The molecule has 9 nitrogen and oxygen atoms in total. The fraction of sp³-hybridized carbons (Fsp3) is 0.333. The summed E-state index contributed by atoms with van der Waals surface area (Å²) in [5, 5.41) is 13.1. The molecule has 0 unspecified atom stereocenters. The third-order valence-corrected chi connectivity index (χ3v) is 4.82. The number of aliphatic carboxylic acids is 1. The maximum absolute atomic E-state index is 10.7. The van der Waals surface area contributed by atoms with E-state index in [9.17, 15) is 4.79 Å². The van der Waals surface area contributed by atoms with E-state index in [0.717, 1.165) is 29.9 Å². The summed E-state index contributed by atoms with van der Waals surface area (Å²) in [6, 6.07) is 7.63. The van der Waals surface area contributed by atoms with Crippen LogP contribution in [0, 0.1) is 0 Å². The molecule has 1 aromatic carbocycles. The number of carboxylic acid groups (broad SMARTS) is 1. The SMILES string of the molecule is COc1c(OCCCC(=O)O)ccc2c3n(c(=NCc4cccnc4)nc12)CCN3. The summed E-state index contributed by atoms with van der Waals surface area (Å²) in [6.07, 6.45) is 3.99. The van der Waals surface area contributed by atoms with E-state index in [1.165, 1.54) is 0 Å². The fourth-order valence-corrected chi connectivity index (χ4v) is 3.44. The number of fused-ring (bicyclic) bond motifs is 3. The minimum atomic E-state index is -0.843. The molecule has 0 spiro atoms. The Balaban J connectivity index is 1.73. The van der Waals surface area contributed by atoms with E-state index in [0.29, 0.717) is 35.6 Å². The van der Waals surface area contributed by atoms with Crippen LogP contribution in [-0.2, 0) is 17.9 Å². The molecule has 0 saturated carbocycles. The molecule has 0 saturated heterocycles. The van der Waals surface area contributed by atoms with Crippen LogP contribution in [0.25, 0.3) is 10.9 Å². The number of nitrogens with zero attached hydrogens (tertiary/aromatic N) is 4. The first-order valence-electron chi connectivity index (χ1n) is 9.77. The predicted molar refractivity (Wildman–Crippen MR) is 111 cm³/mol. The molecule has 1 aliphatic rings. The van der Waals surface area contributed by atoms with Gasteiger partial charge in [-0.3, -0.25) is 14.3 Å². The summed E-state index contributed by atoms with van der Waals surface area (Å²) in [5.41, 5.74) is 2.26. The molecular formula is C21H23N5O4. The first-order chi connectivity index (χ1) is 14.7. The van der Waals surface area contributed by atoms with Gasteiger partial charge in [0.05, 0.1) is 20.3 Å². The van der Waals surface area contributed by atoms with Gasteiger partial charge in [-0.05, 0) is 30.2 Å². The van der Waals surface area contributed by atoms with E-state index < -0.39 is 5.97 Å². The highest BCUT2D eigenvalue weighted by molar-refractivity contribution is 5.95. The van der Waals surface area contributed by atoms with E-state index in [1.807, 2.05) is 24.3 Å². The highest BCUT2D eigenvalue weighted by Gasteiger charge is 2.20. The largest absolute Gasteiger partial charge is 0.491 e. The summed E-state index contributed by atoms with van der Waals surface area (Å²) in [5.74, 6) is 1.15. The fourth-order valence-electron chi connectivity index (χ4n) is 3.44. The van der Waals surface area contributed by atoms with Crippen molar-refractivity contribution < 1.29 is 19.4 Å². The zero-order chi connectivity index (χ0) is 20.9. The van der Waals surface area contributed by atoms with Crippen molar-refractivity contribution in [3.8, 4) is 11.5 Å². The Labute approximate surface area is 173 Å². The molecule has 0 amide bonds. The lowest BCUT2D eigenvalue weighted by Gasteiger charge is -2.15. The van der Waals surface area contributed by atoms with Crippen LogP contribution in [0.5, 0.6) is 11.5 Å². The molecule has 30 heavy (non-hydrogen) atoms. The summed E-state index contributed by atoms with van der Waals surface area (Å²) >= 11 is 0. The van der Waals surface area contributed by atoms with Gasteiger partial charge in [0.2, 0.25) is 5.62 Å². The standard InChI is InChI=1S/C21H23N5O4/c1-29-19-16(30-11-3-5-17(27)28)7-6-15-18(19)25-21(26-10-9-23-20(15)26)24-13-14-4-2-8-22-12-14/h2,4,6-8,12,23H,3,5,9-11,13H2,1H3,(H,27,28). The van der Waals surface area contributed by atoms with Crippen LogP contribution in [0.2, 0.25) is 0 Å². The maximum Gasteiger partial charge on any atom is 0.303 e. The molecular weight excluding hydrogens is 386 g/mol. The van der Waals surface area contributed by atoms with Crippen molar-refractivity contribution in [1.82, 2.24) is 14.5 Å². The van der Waals surface area contributed by atoms with Gasteiger partial charge in [0.1, 0.15) is 11.3 Å². The minimum Gasteiger partial charge on any atom is -0.491 e. The van der Waals surface area contributed by atoms with Crippen LogP contribution in [0.3, 0.4) is 0 Å². The van der Waals surface area contributed by atoms with E-state index >= 15 is 0 Å². The normalized spacial score (nSPS) is 13.2. The number of anilines is 1. The van der Waals surface area contributed by atoms with Crippen LogP contribution < -0.4 is 20.4 Å². The van der Waals surface area contributed by atoms with Crippen molar-refractivity contribution in [2.45, 2.75) is 25.9 Å². The first-order valence-corrected chi connectivity index (χ1v) is 9.77. The van der Waals surface area contributed by atoms with Crippen molar-refractivity contribution in [2.24, 2.45) is 4.99 Å². The summed E-state index contributed by atoms with van der Waals surface area (Å²) in [7, 11) is 1.57. The maximum atomic E-state index is 10.7. The van der Waals surface area contributed by atoms with Gasteiger partial charge in [-0.2, -0.15) is 0 Å². The van der Waals surface area contributed by atoms with Crippen molar-refractivity contribution in [2.75, 3.05) is 25.6 Å². The summed E-state index contributed by atoms with van der Waals surface area (Å²) in [6.45, 7) is 2.33. The second-order valence-electron chi connectivity index (χ2n) is 6.86. The molecule has 0 atom stereocenters. The quantitative estimate of drug-likeness (QED) is 0.549. The third-order valence-electron chi connectivity index (χ3n) is 4.82. The lowest BCUT2D eigenvalue weighted by molar-refractivity contribution is -0.137. The molecule has 0 radical (unpaired) electrons. The van der Waals surface area contributed by atoms with Gasteiger partial charge in [-0.25, -0.2) is 9.98 Å². The number of hydrogen-bond acceptors (Lipinski definition) is 7. The van der Waals surface area contributed by atoms with Crippen LogP contribution in [0.1, 0.15) is 18.4 Å². The van der Waals surface area contributed by atoms with Crippen molar-refractivity contribution in [1.29, 1.82) is 0 Å². The molecule has 156 valence electrons. The van der Waals surface area contributed by atoms with Crippen LogP contribution in [0.15, 0.2) is 41.7 Å². The number of pyridine rings is 1. The van der Waals surface area contributed by atoms with Crippen molar-refractivity contribution >= 4 is 22.7 Å². The van der Waals surface area contributed by atoms with Crippen molar-refractivity contribution in [3.63, 3.8) is 0 Å². The van der Waals surface area contributed by atoms with Gasteiger partial charge in [0.25, 0.3) is 0 Å². The number of carbonyl (C=O) groups is 1. The van der Waals surface area contributed by atoms with Gasteiger partial charge in [-0.15, -0.1) is 0 Å². The smallest absolute Gasteiger partial charge is 0.303 e. The molecule has 0 aliphatic carbocycles. The van der Waals surface area contributed by atoms with E-state index in [1.54, 1.807) is 19.5 Å². The molecule has 2 aromatic heterocycles. The molecule has 2 N–H and O–H groups in total. The Bertz CT molecular complexity index is 1130. The predicted octanol–water partition coefficient (Wildman–Crippen LogP) is 2.21. The van der Waals surface area contributed by atoms with Crippen molar-refractivity contribution in [3.05, 3.63) is 47.8 Å². The second kappa shape index (κ2) is 8.81. The molecule has 4 rings (SSSR count). The molecule has 3 heterocycles. The van der Waals surface area contributed by atoms with Gasteiger partial charge >= 0.3 is 5.97 Å². The number of carboxylic acids is 1. The molecule has 1 aliphatic heterocycles. The first kappa shape index (κ1) is 19.7. The Morgan fingerprint density at radius 1 is 1.37 bits per heavy atom. The van der Waals surface area contributed by atoms with E-state index in [4.69, 9.17) is 24.6 Å². The number of methoxy groups -OCH3 is 1. The lowest BCUT2D eigenvalue weighted by atomic mass is 10.2. The van der Waals surface area contributed by atoms with Gasteiger partial charge < -0.3 is 19.9 Å². The highest BCUT2D eigenvalue weighted by Crippen LogP contribution is 2.37. The monoisotopic (exact) mass is 409 g/mol. The van der Waals surface area contributed by atoms with E-state index in [2.05, 4.69) is 14.9 Å². The highest BCUT2D eigenvalue weighted by atomic mass is 16.5. The van der Waals surface area contributed by atoms with Gasteiger partial charge in [-0.1, -0.05) is 6.07 Å². The minimum absolute atomic E-state index is 0.0551. The number of nitrogens with one attached hydrogen (secondary N) is 1. The number of benzene rings is 1. The number of hydrogen-bond donors (Lipinski definition) is 2. The van der Waals surface area contributed by atoms with E-state index in [-0.39, 0.29) is 13.0 Å². The second-order valence-corrected chi connectivity index (χ2v) is 6.86. The average molecular weight is 409 g/mol. The van der Waals surface area contributed by atoms with Crippen LogP contribution in [-0.4, -0.2) is 45.9 Å². The summed E-state index contributed by atoms with van der Waals surface area (Å²) < 4.78 is 13.5. The molecule has 0 fully saturated rings. The van der Waals surface area contributed by atoms with Gasteiger partial charge in [0, 0.05) is 37.3 Å². The number of aromatic nitrogens is 3. The third kappa shape index (κ3) is 4.05. The topological polar surface area (TPSA) is 111 Å². The Morgan fingerprint density at radius 3 is 3.03 bits per heavy atom. The molecule has 3 aromatic rings. The molecule has 0 bridgehead atoms. The summed E-state index contributed by atoms with van der Waals surface area (Å²) in [4.78, 5) is 24.3. The Kier molecular flexibility index (Phi) is 5.78.